The van der Waals surface area contributed by atoms with E-state index in [2.05, 4.69) is 0 Å². The number of ether oxygens (including phenoxy) is 1. The van der Waals surface area contributed by atoms with Crippen LogP contribution in [0.1, 0.15) is 5.56 Å². The zero-order chi connectivity index (χ0) is 25.6. The average molecular weight is 500 g/mol. The molecule has 4 aliphatic rings. The van der Waals surface area contributed by atoms with Gasteiger partial charge in [0.2, 0.25) is 17.7 Å². The number of hydrogen-bond donors (Lipinski definition) is 1. The minimum atomic E-state index is -1.29. The lowest BCUT2D eigenvalue weighted by molar-refractivity contribution is -0.147. The van der Waals surface area contributed by atoms with Gasteiger partial charge in [0.05, 0.1) is 24.5 Å². The van der Waals surface area contributed by atoms with Crippen molar-refractivity contribution in [3.63, 3.8) is 0 Å². The number of carbonyl (C=O) groups excluding carboxylic acids is 3. The predicted molar refractivity (Wildman–Crippen MR) is 136 cm³/mol. The second kappa shape index (κ2) is 9.28. The van der Waals surface area contributed by atoms with Gasteiger partial charge in [-0.2, -0.15) is 0 Å². The first-order valence-corrected chi connectivity index (χ1v) is 12.7. The zero-order valence-corrected chi connectivity index (χ0v) is 20.3. The molecule has 1 spiro atoms. The summed E-state index contributed by atoms with van der Waals surface area (Å²) in [6.45, 7) is 0.817. The van der Waals surface area contributed by atoms with Crippen molar-refractivity contribution in [3.05, 3.63) is 90.5 Å². The summed E-state index contributed by atoms with van der Waals surface area (Å²) in [7, 11) is 0. The second-order valence-corrected chi connectivity index (χ2v) is 9.92. The molecule has 3 amide bonds. The molecule has 190 valence electrons. The van der Waals surface area contributed by atoms with Crippen LogP contribution in [0.3, 0.4) is 0 Å². The Kier molecular flexibility index (Phi) is 5.93. The van der Waals surface area contributed by atoms with Crippen molar-refractivity contribution in [2.75, 3.05) is 31.1 Å². The standard InChI is InChI=1S/C29H29N3O5/c33-18-17-32-25-28(36)30(19-20-9-3-1-4-10-20)15-8-14-29(25)24(27(32)35)23-22(37-29)13-7-16-31(26(23)34)21-11-5-2-6-12-21/h1-14,22-25,33H,15-19H2/t22-,23+,24+,25?,29+/m1/s1. The van der Waals surface area contributed by atoms with E-state index in [4.69, 9.17) is 4.74 Å². The Hall–Kier alpha value is -3.75. The number of fused-ring (bicyclic) bond motifs is 2. The van der Waals surface area contributed by atoms with Crippen LogP contribution in [0.25, 0.3) is 0 Å². The molecular formula is C29H29N3O5. The van der Waals surface area contributed by atoms with Crippen molar-refractivity contribution >= 4 is 23.4 Å². The Balaban J connectivity index is 1.40. The molecule has 8 heteroatoms. The van der Waals surface area contributed by atoms with Gasteiger partial charge in [-0.15, -0.1) is 0 Å². The molecule has 1 unspecified atom stereocenters. The van der Waals surface area contributed by atoms with Crippen molar-refractivity contribution in [3.8, 4) is 0 Å². The summed E-state index contributed by atoms with van der Waals surface area (Å²) in [4.78, 5) is 46.8. The molecule has 2 fully saturated rings. The van der Waals surface area contributed by atoms with E-state index in [-0.39, 0.29) is 30.9 Å². The van der Waals surface area contributed by atoms with Crippen LogP contribution >= 0.6 is 0 Å². The topological polar surface area (TPSA) is 90.4 Å². The molecular weight excluding hydrogens is 470 g/mol. The third-order valence-corrected chi connectivity index (χ3v) is 7.87. The molecule has 0 aliphatic carbocycles. The molecule has 37 heavy (non-hydrogen) atoms. The van der Waals surface area contributed by atoms with Crippen molar-refractivity contribution in [2.24, 2.45) is 11.8 Å². The van der Waals surface area contributed by atoms with Crippen LogP contribution in [-0.4, -0.2) is 76.6 Å². The maximum atomic E-state index is 14.1. The third kappa shape index (κ3) is 3.70. The van der Waals surface area contributed by atoms with Gasteiger partial charge in [0.15, 0.2) is 0 Å². The highest BCUT2D eigenvalue weighted by Crippen LogP contribution is 2.53. The van der Waals surface area contributed by atoms with E-state index in [9.17, 15) is 19.5 Å². The summed E-state index contributed by atoms with van der Waals surface area (Å²) in [5, 5.41) is 9.81. The molecule has 0 bridgehead atoms. The number of hydrogen-bond acceptors (Lipinski definition) is 5. The summed E-state index contributed by atoms with van der Waals surface area (Å²) in [5.74, 6) is -2.43. The summed E-state index contributed by atoms with van der Waals surface area (Å²) >= 11 is 0. The number of β-amino-alcohol motifs (C(OH)–C–C–N with tert-alkyl or cyclic N) is 1. The zero-order valence-electron chi connectivity index (χ0n) is 20.3. The van der Waals surface area contributed by atoms with Crippen LogP contribution in [0.2, 0.25) is 0 Å². The number of para-hydroxylation sites is 1. The first kappa shape index (κ1) is 23.6. The molecule has 0 saturated carbocycles. The lowest BCUT2D eigenvalue weighted by Crippen LogP contribution is -2.55. The molecule has 1 N–H and O–H groups in total. The first-order chi connectivity index (χ1) is 18.0. The van der Waals surface area contributed by atoms with Crippen LogP contribution in [0, 0.1) is 11.8 Å². The van der Waals surface area contributed by atoms with E-state index in [0.29, 0.717) is 19.6 Å². The van der Waals surface area contributed by atoms with Crippen LogP contribution in [0.15, 0.2) is 85.0 Å². The molecule has 4 heterocycles. The fourth-order valence-corrected chi connectivity index (χ4v) is 6.32. The summed E-state index contributed by atoms with van der Waals surface area (Å²) in [5.41, 5.74) is 0.433. The fourth-order valence-electron chi connectivity index (χ4n) is 6.32. The van der Waals surface area contributed by atoms with Crippen molar-refractivity contribution in [2.45, 2.75) is 24.3 Å². The quantitative estimate of drug-likeness (QED) is 0.634. The first-order valence-electron chi connectivity index (χ1n) is 12.7. The van der Waals surface area contributed by atoms with Crippen molar-refractivity contribution in [1.82, 2.24) is 9.80 Å². The number of benzene rings is 2. The van der Waals surface area contributed by atoms with Crippen LogP contribution in [0.5, 0.6) is 0 Å². The molecule has 6 rings (SSSR count). The Morgan fingerprint density at radius 1 is 0.892 bits per heavy atom. The maximum Gasteiger partial charge on any atom is 0.249 e. The van der Waals surface area contributed by atoms with Gasteiger partial charge in [-0.25, -0.2) is 0 Å². The molecule has 2 aromatic rings. The van der Waals surface area contributed by atoms with E-state index < -0.39 is 29.6 Å². The number of anilines is 1. The van der Waals surface area contributed by atoms with Gasteiger partial charge >= 0.3 is 0 Å². The van der Waals surface area contributed by atoms with Crippen LogP contribution < -0.4 is 4.90 Å². The van der Waals surface area contributed by atoms with Gasteiger partial charge in [-0.1, -0.05) is 72.8 Å². The minimum Gasteiger partial charge on any atom is -0.395 e. The van der Waals surface area contributed by atoms with E-state index in [1.54, 1.807) is 9.80 Å². The smallest absolute Gasteiger partial charge is 0.249 e. The normalized spacial score (nSPS) is 30.7. The van der Waals surface area contributed by atoms with E-state index >= 15 is 0 Å². The molecule has 0 radical (unpaired) electrons. The van der Waals surface area contributed by atoms with Crippen LogP contribution in [-0.2, 0) is 25.7 Å². The van der Waals surface area contributed by atoms with Gasteiger partial charge in [-0.05, 0) is 17.7 Å². The predicted octanol–water partition coefficient (Wildman–Crippen LogP) is 1.76. The largest absolute Gasteiger partial charge is 0.395 e. The molecule has 0 aromatic heterocycles. The Morgan fingerprint density at radius 2 is 1.62 bits per heavy atom. The number of amides is 3. The number of nitrogens with zero attached hydrogens (tertiary/aromatic N) is 3. The number of aliphatic hydroxyl groups is 1. The second-order valence-electron chi connectivity index (χ2n) is 9.92. The summed E-state index contributed by atoms with van der Waals surface area (Å²) < 4.78 is 6.60. The highest BCUT2D eigenvalue weighted by atomic mass is 16.5. The molecule has 4 aliphatic heterocycles. The Labute approximate surface area is 215 Å². The summed E-state index contributed by atoms with van der Waals surface area (Å²) in [6, 6.07) is 18.1. The lowest BCUT2D eigenvalue weighted by atomic mass is 9.77. The SMILES string of the molecule is O=C1C2N(CCO)C(=O)[C@@H]3[C@H]4C(=O)N(c5ccccc5)CC=C[C@H]4O[C@]23C=CCN1Cc1ccccc1. The third-order valence-electron chi connectivity index (χ3n) is 7.87. The lowest BCUT2D eigenvalue weighted by Gasteiger charge is -2.35. The number of likely N-dealkylation sites (tertiary alicyclic amines) is 1. The Morgan fingerprint density at radius 3 is 2.35 bits per heavy atom. The summed E-state index contributed by atoms with van der Waals surface area (Å²) in [6.07, 6.45) is 6.81. The van der Waals surface area contributed by atoms with E-state index in [1.165, 1.54) is 4.90 Å². The highest BCUT2D eigenvalue weighted by molar-refractivity contribution is 6.03. The van der Waals surface area contributed by atoms with Crippen molar-refractivity contribution < 1.29 is 24.2 Å². The van der Waals surface area contributed by atoms with Gasteiger partial charge in [0.1, 0.15) is 11.6 Å². The van der Waals surface area contributed by atoms with Gasteiger partial charge in [0.25, 0.3) is 0 Å². The minimum absolute atomic E-state index is 0.00627. The molecule has 2 saturated heterocycles. The van der Waals surface area contributed by atoms with Crippen LogP contribution in [0.4, 0.5) is 5.69 Å². The molecule has 8 nitrogen and oxygen atoms in total. The van der Waals surface area contributed by atoms with Gasteiger partial charge < -0.3 is 24.5 Å². The van der Waals surface area contributed by atoms with E-state index in [1.807, 2.05) is 85.0 Å². The van der Waals surface area contributed by atoms with E-state index in [0.717, 1.165) is 11.3 Å². The fraction of sp³-hybridized carbons (Fsp3) is 0.345. The number of carbonyl (C=O) groups is 3. The molecule has 5 atom stereocenters. The monoisotopic (exact) mass is 499 g/mol. The number of aliphatic hydroxyl groups excluding tert-OH is 1. The number of rotatable bonds is 5. The average Bonchev–Trinajstić information content (AvgIpc) is 3.22. The van der Waals surface area contributed by atoms with Gasteiger partial charge in [-0.3, -0.25) is 14.4 Å². The Bertz CT molecular complexity index is 1260. The maximum absolute atomic E-state index is 14.1. The van der Waals surface area contributed by atoms with Gasteiger partial charge in [0, 0.05) is 31.9 Å². The molecule has 2 aromatic carbocycles. The highest BCUT2D eigenvalue weighted by Gasteiger charge is 2.71. The van der Waals surface area contributed by atoms with Crippen molar-refractivity contribution in [1.29, 1.82) is 0 Å².